The second-order valence-corrected chi connectivity index (χ2v) is 7.22. The van der Waals surface area contributed by atoms with Gasteiger partial charge < -0.3 is 14.8 Å². The first-order valence-electron chi connectivity index (χ1n) is 8.90. The molecule has 2 atom stereocenters. The fourth-order valence-corrected chi connectivity index (χ4v) is 2.75. The Labute approximate surface area is 159 Å². The van der Waals surface area contributed by atoms with E-state index < -0.39 is 23.8 Å². The van der Waals surface area contributed by atoms with Crippen molar-refractivity contribution in [2.45, 2.75) is 52.3 Å². The van der Waals surface area contributed by atoms with Crippen LogP contribution in [0.25, 0.3) is 0 Å². The van der Waals surface area contributed by atoms with E-state index in [1.54, 1.807) is 58.0 Å². The zero-order valence-electron chi connectivity index (χ0n) is 16.3. The summed E-state index contributed by atoms with van der Waals surface area (Å²) >= 11 is 0. The Bertz CT molecular complexity index is 716. The van der Waals surface area contributed by atoms with Gasteiger partial charge in [-0.25, -0.2) is 4.79 Å². The molecule has 1 aliphatic rings. The molecule has 3 amide bonds. The summed E-state index contributed by atoms with van der Waals surface area (Å²) in [5.41, 5.74) is 0.0510. The Morgan fingerprint density at radius 2 is 1.74 bits per heavy atom. The molecular weight excluding hydrogens is 348 g/mol. The van der Waals surface area contributed by atoms with Crippen LogP contribution in [0.3, 0.4) is 0 Å². The number of nitrogens with one attached hydrogen (secondary N) is 1. The molecule has 0 saturated heterocycles. The Kier molecular flexibility index (Phi) is 6.25. The lowest BCUT2D eigenvalue weighted by Crippen LogP contribution is -2.52. The fourth-order valence-electron chi connectivity index (χ4n) is 2.75. The van der Waals surface area contributed by atoms with Crippen LogP contribution in [0.5, 0.6) is 0 Å². The van der Waals surface area contributed by atoms with E-state index in [1.165, 1.54) is 6.26 Å². The molecule has 1 heterocycles. The van der Waals surface area contributed by atoms with E-state index in [2.05, 4.69) is 5.32 Å². The Morgan fingerprint density at radius 1 is 1.19 bits per heavy atom. The monoisotopic (exact) mass is 374 g/mol. The molecule has 7 heteroatoms. The molecule has 1 aliphatic heterocycles. The lowest BCUT2D eigenvalue weighted by Gasteiger charge is -2.30. The highest BCUT2D eigenvalue weighted by atomic mass is 16.6. The van der Waals surface area contributed by atoms with Crippen LogP contribution in [0.15, 0.2) is 36.6 Å². The first-order valence-corrected chi connectivity index (χ1v) is 8.90. The number of carbonyl (C=O) groups excluding carboxylic acids is 3. The second kappa shape index (κ2) is 8.24. The highest BCUT2D eigenvalue weighted by Gasteiger charge is 2.40. The highest BCUT2D eigenvalue weighted by molar-refractivity contribution is 6.21. The van der Waals surface area contributed by atoms with Crippen LogP contribution in [0.2, 0.25) is 0 Å². The Hall–Kier alpha value is -2.83. The van der Waals surface area contributed by atoms with Crippen LogP contribution in [0.1, 0.15) is 55.3 Å². The van der Waals surface area contributed by atoms with Crippen LogP contribution in [0, 0.1) is 0 Å². The van der Waals surface area contributed by atoms with Crippen molar-refractivity contribution < 1.29 is 23.9 Å². The van der Waals surface area contributed by atoms with Crippen LogP contribution in [0.4, 0.5) is 4.79 Å². The van der Waals surface area contributed by atoms with Gasteiger partial charge >= 0.3 is 6.09 Å². The summed E-state index contributed by atoms with van der Waals surface area (Å²) in [6.07, 6.45) is 2.40. The molecule has 0 saturated carbocycles. The highest BCUT2D eigenvalue weighted by Crippen LogP contribution is 2.25. The van der Waals surface area contributed by atoms with Crippen LogP contribution < -0.4 is 5.32 Å². The minimum atomic E-state index is -0.673. The molecule has 0 spiro atoms. The molecule has 0 radical (unpaired) electrons. The third kappa shape index (κ3) is 4.87. The summed E-state index contributed by atoms with van der Waals surface area (Å²) < 4.78 is 10.5. The van der Waals surface area contributed by atoms with Crippen molar-refractivity contribution in [3.8, 4) is 0 Å². The molecule has 0 bridgehead atoms. The predicted octanol–water partition coefficient (Wildman–Crippen LogP) is 3.11. The lowest BCUT2D eigenvalue weighted by molar-refractivity contribution is 0.0443. The van der Waals surface area contributed by atoms with Gasteiger partial charge in [0.25, 0.3) is 11.8 Å². The number of ether oxygens (including phenoxy) is 2. The first-order chi connectivity index (χ1) is 12.7. The van der Waals surface area contributed by atoms with Gasteiger partial charge in [-0.3, -0.25) is 14.5 Å². The van der Waals surface area contributed by atoms with E-state index in [-0.39, 0.29) is 11.8 Å². The molecule has 146 valence electrons. The summed E-state index contributed by atoms with van der Waals surface area (Å²) in [5, 5.41) is 2.70. The SMILES string of the molecule is CCO/C=C/[C@@H](NC(=O)OC(C)(C)C)[C@H](C)N1C(=O)c2ccccc2C1=O. The minimum Gasteiger partial charge on any atom is -0.502 e. The lowest BCUT2D eigenvalue weighted by atomic mass is 10.1. The van der Waals surface area contributed by atoms with Gasteiger partial charge in [-0.15, -0.1) is 0 Å². The molecule has 0 aromatic heterocycles. The van der Waals surface area contributed by atoms with Gasteiger partial charge in [0.1, 0.15) is 5.60 Å². The quantitative estimate of drug-likeness (QED) is 0.611. The van der Waals surface area contributed by atoms with E-state index in [4.69, 9.17) is 9.47 Å². The van der Waals surface area contributed by atoms with Crippen molar-refractivity contribution in [3.63, 3.8) is 0 Å². The Balaban J connectivity index is 2.23. The van der Waals surface area contributed by atoms with Crippen molar-refractivity contribution in [3.05, 3.63) is 47.7 Å². The summed E-state index contributed by atoms with van der Waals surface area (Å²) in [6.45, 7) is 9.24. The second-order valence-electron chi connectivity index (χ2n) is 7.22. The largest absolute Gasteiger partial charge is 0.502 e. The fraction of sp³-hybridized carbons (Fsp3) is 0.450. The molecule has 2 rings (SSSR count). The number of imide groups is 1. The van der Waals surface area contributed by atoms with E-state index in [0.29, 0.717) is 17.7 Å². The number of amides is 3. The zero-order chi connectivity index (χ0) is 20.2. The minimum absolute atomic E-state index is 0.360. The van der Waals surface area contributed by atoms with Gasteiger partial charge in [-0.1, -0.05) is 12.1 Å². The molecule has 1 aromatic rings. The van der Waals surface area contributed by atoms with Crippen molar-refractivity contribution >= 4 is 17.9 Å². The van der Waals surface area contributed by atoms with Gasteiger partial charge in [0, 0.05) is 0 Å². The number of nitrogens with zero attached hydrogens (tertiary/aromatic N) is 1. The molecule has 0 unspecified atom stereocenters. The smallest absolute Gasteiger partial charge is 0.408 e. The third-order valence-electron chi connectivity index (χ3n) is 3.98. The summed E-state index contributed by atoms with van der Waals surface area (Å²) in [4.78, 5) is 38.8. The average Bonchev–Trinajstić information content (AvgIpc) is 2.83. The van der Waals surface area contributed by atoms with Crippen molar-refractivity contribution in [2.75, 3.05) is 6.61 Å². The number of carbonyl (C=O) groups is 3. The number of hydrogen-bond donors (Lipinski definition) is 1. The van der Waals surface area contributed by atoms with Crippen molar-refractivity contribution in [1.29, 1.82) is 0 Å². The summed E-state index contributed by atoms with van der Waals surface area (Å²) in [6, 6.07) is 5.35. The van der Waals surface area contributed by atoms with Gasteiger partial charge in [-0.2, -0.15) is 0 Å². The summed E-state index contributed by atoms with van der Waals surface area (Å²) in [5.74, 6) is -0.771. The summed E-state index contributed by atoms with van der Waals surface area (Å²) in [7, 11) is 0. The van der Waals surface area contributed by atoms with Gasteiger partial charge in [0.15, 0.2) is 0 Å². The molecule has 0 aliphatic carbocycles. The standard InChI is InChI=1S/C20H26N2O5/c1-6-26-12-11-16(21-19(25)27-20(3,4)5)13(2)22-17(23)14-9-7-8-10-15(14)18(22)24/h7-13,16H,6H2,1-5H3,(H,21,25)/b12-11+/t13-,16+/m0/s1. The zero-order valence-corrected chi connectivity index (χ0v) is 16.3. The third-order valence-corrected chi connectivity index (χ3v) is 3.98. The van der Waals surface area contributed by atoms with Crippen molar-refractivity contribution in [1.82, 2.24) is 10.2 Å². The van der Waals surface area contributed by atoms with Crippen LogP contribution in [-0.2, 0) is 9.47 Å². The normalized spacial score (nSPS) is 16.3. The van der Waals surface area contributed by atoms with E-state index >= 15 is 0 Å². The number of fused-ring (bicyclic) bond motifs is 1. The number of hydrogen-bond acceptors (Lipinski definition) is 5. The van der Waals surface area contributed by atoms with Crippen LogP contribution >= 0.6 is 0 Å². The van der Waals surface area contributed by atoms with E-state index in [0.717, 1.165) is 4.90 Å². The first kappa shape index (κ1) is 20.5. The number of rotatable bonds is 6. The molecular formula is C20H26N2O5. The molecule has 27 heavy (non-hydrogen) atoms. The van der Waals surface area contributed by atoms with Crippen LogP contribution in [-0.4, -0.2) is 47.1 Å². The predicted molar refractivity (Wildman–Crippen MR) is 100 cm³/mol. The maximum absolute atomic E-state index is 12.7. The number of benzene rings is 1. The molecule has 7 nitrogen and oxygen atoms in total. The van der Waals surface area contributed by atoms with E-state index in [9.17, 15) is 14.4 Å². The molecule has 1 N–H and O–H groups in total. The van der Waals surface area contributed by atoms with Gasteiger partial charge in [0.2, 0.25) is 0 Å². The van der Waals surface area contributed by atoms with E-state index in [1.807, 2.05) is 6.92 Å². The van der Waals surface area contributed by atoms with Crippen molar-refractivity contribution in [2.24, 2.45) is 0 Å². The number of alkyl carbamates (subject to hydrolysis) is 1. The maximum Gasteiger partial charge on any atom is 0.408 e. The molecule has 0 fully saturated rings. The maximum atomic E-state index is 12.7. The Morgan fingerprint density at radius 3 is 2.22 bits per heavy atom. The molecule has 1 aromatic carbocycles. The topological polar surface area (TPSA) is 84.9 Å². The average molecular weight is 374 g/mol. The van der Waals surface area contributed by atoms with Gasteiger partial charge in [0.05, 0.1) is 36.1 Å². The van der Waals surface area contributed by atoms with Gasteiger partial charge in [-0.05, 0) is 52.8 Å².